The molecular formula is C32H45ClN6O2. The number of carbonyl (C=O) groups excluding carboxylic acids is 2. The van der Waals surface area contributed by atoms with Gasteiger partial charge in [-0.2, -0.15) is 0 Å². The van der Waals surface area contributed by atoms with Crippen LogP contribution in [0.15, 0.2) is 48.5 Å². The van der Waals surface area contributed by atoms with E-state index in [0.29, 0.717) is 24.1 Å². The number of hydrogen-bond acceptors (Lipinski definition) is 4. The lowest BCUT2D eigenvalue weighted by Gasteiger charge is -2.34. The quantitative estimate of drug-likeness (QED) is 0.167. The topological polar surface area (TPSA) is 158 Å². The van der Waals surface area contributed by atoms with Crippen molar-refractivity contribution >= 4 is 35.9 Å². The zero-order chi connectivity index (χ0) is 28.5. The molecule has 0 radical (unpaired) electrons. The number of nitrogens with two attached hydrogens (primary N) is 2. The van der Waals surface area contributed by atoms with Crippen molar-refractivity contribution in [2.24, 2.45) is 29.2 Å². The third-order valence-corrected chi connectivity index (χ3v) is 8.71. The minimum atomic E-state index is -0.560. The number of hydrogen-bond donors (Lipinski definition) is 6. The van der Waals surface area contributed by atoms with Crippen molar-refractivity contribution in [2.45, 2.75) is 83.2 Å². The number of halogens is 1. The molecule has 222 valence electrons. The van der Waals surface area contributed by atoms with Crippen LogP contribution in [0.5, 0.6) is 0 Å². The summed E-state index contributed by atoms with van der Waals surface area (Å²) < 4.78 is 0. The maximum Gasteiger partial charge on any atom is 0.243 e. The van der Waals surface area contributed by atoms with Crippen molar-refractivity contribution in [3.05, 3.63) is 70.8 Å². The fraction of sp³-hybridized carbons (Fsp3) is 0.500. The van der Waals surface area contributed by atoms with Crippen LogP contribution < -0.4 is 22.1 Å². The van der Waals surface area contributed by atoms with Crippen molar-refractivity contribution in [3.63, 3.8) is 0 Å². The first-order valence-corrected chi connectivity index (χ1v) is 14.8. The van der Waals surface area contributed by atoms with Gasteiger partial charge in [-0.05, 0) is 55.1 Å². The fourth-order valence-corrected chi connectivity index (χ4v) is 6.31. The fourth-order valence-electron chi connectivity index (χ4n) is 6.31. The molecule has 2 saturated carbocycles. The van der Waals surface area contributed by atoms with Gasteiger partial charge in [0.15, 0.2) is 0 Å². The Hall–Kier alpha value is -3.39. The minimum Gasteiger partial charge on any atom is -0.384 e. The Morgan fingerprint density at radius 1 is 0.707 bits per heavy atom. The van der Waals surface area contributed by atoms with Gasteiger partial charge in [0.05, 0.1) is 0 Å². The van der Waals surface area contributed by atoms with E-state index in [1.54, 1.807) is 12.1 Å². The second kappa shape index (κ2) is 15.6. The molecule has 1 unspecified atom stereocenters. The molecule has 2 atom stereocenters. The van der Waals surface area contributed by atoms with Crippen LogP contribution in [0, 0.1) is 28.6 Å². The lowest BCUT2D eigenvalue weighted by atomic mass is 9.76. The van der Waals surface area contributed by atoms with Crippen molar-refractivity contribution in [1.82, 2.24) is 10.6 Å². The maximum atomic E-state index is 14.0. The predicted molar refractivity (Wildman–Crippen MR) is 166 cm³/mol. The molecule has 0 bridgehead atoms. The molecular weight excluding hydrogens is 536 g/mol. The van der Waals surface area contributed by atoms with E-state index in [1.807, 2.05) is 36.4 Å². The molecule has 8 N–H and O–H groups in total. The zero-order valence-corrected chi connectivity index (χ0v) is 24.6. The van der Waals surface area contributed by atoms with Crippen LogP contribution in [-0.4, -0.2) is 29.5 Å². The number of nitrogens with one attached hydrogen (secondary N) is 4. The molecule has 4 rings (SSSR count). The highest BCUT2D eigenvalue weighted by Crippen LogP contribution is 2.33. The van der Waals surface area contributed by atoms with Crippen molar-refractivity contribution < 1.29 is 9.59 Å². The molecule has 0 aliphatic heterocycles. The minimum absolute atomic E-state index is 0. The number of rotatable bonds is 11. The normalized spacial score (nSPS) is 17.5. The number of carbonyl (C=O) groups is 2. The van der Waals surface area contributed by atoms with Crippen LogP contribution >= 0.6 is 12.4 Å². The SMILES string of the molecule is Cl.N=C(N)c1ccc(CNC(=O)[C@@H](NC(=O)C(Cc2ccc(C(=N)N)cc2)C2CCCCC2)C2CCCCC2)cc1. The molecule has 2 amide bonds. The van der Waals surface area contributed by atoms with E-state index >= 15 is 0 Å². The van der Waals surface area contributed by atoms with E-state index in [1.165, 1.54) is 12.8 Å². The largest absolute Gasteiger partial charge is 0.384 e. The highest BCUT2D eigenvalue weighted by Gasteiger charge is 2.35. The van der Waals surface area contributed by atoms with Gasteiger partial charge in [0.1, 0.15) is 17.7 Å². The molecule has 0 spiro atoms. The molecule has 0 saturated heterocycles. The summed E-state index contributed by atoms with van der Waals surface area (Å²) in [5.41, 5.74) is 14.5. The molecule has 0 heterocycles. The number of nitrogen functional groups attached to an aromatic ring is 2. The van der Waals surface area contributed by atoms with Gasteiger partial charge in [0.2, 0.25) is 11.8 Å². The van der Waals surface area contributed by atoms with Gasteiger partial charge >= 0.3 is 0 Å². The summed E-state index contributed by atoms with van der Waals surface area (Å²) in [7, 11) is 0. The summed E-state index contributed by atoms with van der Waals surface area (Å²) in [6.07, 6.45) is 11.3. The van der Waals surface area contributed by atoms with E-state index < -0.39 is 6.04 Å². The standard InChI is InChI=1S/C32H44N6O2.ClH/c33-29(34)25-15-11-21(12-16-25)19-27(23-7-3-1-4-8-23)31(39)38-28(24-9-5-2-6-10-24)32(40)37-20-22-13-17-26(18-14-22)30(35)36;/h11-18,23-24,27-28H,1-10,19-20H2,(H3,33,34)(H3,35,36)(H,37,40)(H,38,39);1H/t27?,28-;/m0./s1. The Bertz CT molecular complexity index is 1170. The molecule has 2 fully saturated rings. The molecule has 8 nitrogen and oxygen atoms in total. The molecule has 2 aliphatic rings. The highest BCUT2D eigenvalue weighted by atomic mass is 35.5. The first-order valence-electron chi connectivity index (χ1n) is 14.8. The molecule has 0 aromatic heterocycles. The Labute approximate surface area is 249 Å². The third-order valence-electron chi connectivity index (χ3n) is 8.71. The Morgan fingerprint density at radius 3 is 1.66 bits per heavy atom. The Morgan fingerprint density at radius 2 is 1.17 bits per heavy atom. The third kappa shape index (κ3) is 9.05. The summed E-state index contributed by atoms with van der Waals surface area (Å²) in [6, 6.07) is 14.3. The molecule has 2 aromatic rings. The van der Waals surface area contributed by atoms with E-state index in [0.717, 1.165) is 62.5 Å². The number of benzene rings is 2. The Kier molecular flexibility index (Phi) is 12.2. The van der Waals surface area contributed by atoms with Crippen LogP contribution in [-0.2, 0) is 22.6 Å². The summed E-state index contributed by atoms with van der Waals surface area (Å²) in [5, 5.41) is 21.5. The Balaban J connectivity index is 0.00000462. The zero-order valence-electron chi connectivity index (χ0n) is 23.8. The van der Waals surface area contributed by atoms with Crippen LogP contribution in [0.25, 0.3) is 0 Å². The lowest BCUT2D eigenvalue weighted by molar-refractivity contribution is -0.134. The first kappa shape index (κ1) is 32.1. The van der Waals surface area contributed by atoms with Crippen molar-refractivity contribution in [3.8, 4) is 0 Å². The van der Waals surface area contributed by atoms with E-state index in [9.17, 15) is 9.59 Å². The molecule has 2 aliphatic carbocycles. The van der Waals surface area contributed by atoms with Crippen LogP contribution in [0.1, 0.15) is 86.5 Å². The maximum absolute atomic E-state index is 14.0. The van der Waals surface area contributed by atoms with Crippen molar-refractivity contribution in [1.29, 1.82) is 10.8 Å². The average Bonchev–Trinajstić information content (AvgIpc) is 2.98. The van der Waals surface area contributed by atoms with Gasteiger partial charge in [-0.3, -0.25) is 20.4 Å². The van der Waals surface area contributed by atoms with Gasteiger partial charge in [0.25, 0.3) is 0 Å². The number of amides is 2. The smallest absolute Gasteiger partial charge is 0.243 e. The summed E-state index contributed by atoms with van der Waals surface area (Å²) in [4.78, 5) is 27.6. The second-order valence-electron chi connectivity index (χ2n) is 11.5. The second-order valence-corrected chi connectivity index (χ2v) is 11.5. The van der Waals surface area contributed by atoms with Gasteiger partial charge in [-0.15, -0.1) is 12.4 Å². The van der Waals surface area contributed by atoms with Crippen LogP contribution in [0.4, 0.5) is 0 Å². The van der Waals surface area contributed by atoms with E-state index in [2.05, 4.69) is 10.6 Å². The highest BCUT2D eigenvalue weighted by molar-refractivity contribution is 5.95. The monoisotopic (exact) mass is 580 g/mol. The van der Waals surface area contributed by atoms with E-state index in [-0.39, 0.29) is 53.6 Å². The lowest BCUT2D eigenvalue weighted by Crippen LogP contribution is -2.53. The summed E-state index contributed by atoms with van der Waals surface area (Å²) >= 11 is 0. The van der Waals surface area contributed by atoms with Crippen LogP contribution in [0.3, 0.4) is 0 Å². The molecule has 9 heteroatoms. The number of amidine groups is 2. The molecule has 41 heavy (non-hydrogen) atoms. The summed E-state index contributed by atoms with van der Waals surface area (Å²) in [6.45, 7) is 0.352. The van der Waals surface area contributed by atoms with Gasteiger partial charge in [-0.25, -0.2) is 0 Å². The van der Waals surface area contributed by atoms with Crippen molar-refractivity contribution in [2.75, 3.05) is 0 Å². The first-order chi connectivity index (χ1) is 19.3. The average molecular weight is 581 g/mol. The molecule has 2 aromatic carbocycles. The van der Waals surface area contributed by atoms with Gasteiger partial charge in [-0.1, -0.05) is 87.1 Å². The van der Waals surface area contributed by atoms with Gasteiger partial charge in [0, 0.05) is 23.6 Å². The van der Waals surface area contributed by atoms with E-state index in [4.69, 9.17) is 22.3 Å². The predicted octanol–water partition coefficient (Wildman–Crippen LogP) is 4.80. The van der Waals surface area contributed by atoms with Crippen LogP contribution in [0.2, 0.25) is 0 Å². The summed E-state index contributed by atoms with van der Waals surface area (Å²) in [5.74, 6) is 0.0858. The van der Waals surface area contributed by atoms with Gasteiger partial charge < -0.3 is 22.1 Å².